The fraction of sp³-hybridized carbons (Fsp3) is 0.320. The summed E-state index contributed by atoms with van der Waals surface area (Å²) in [5.41, 5.74) is 3.57. The van der Waals surface area contributed by atoms with Gasteiger partial charge in [0, 0.05) is 25.1 Å². The van der Waals surface area contributed by atoms with Gasteiger partial charge in [-0.15, -0.1) is 0 Å². The number of carbonyl (C=O) groups excluding carboxylic acids is 2. The number of hydrogen-bond donors (Lipinski definition) is 2. The second kappa shape index (κ2) is 9.26. The number of fused-ring (bicyclic) bond motifs is 3. The van der Waals surface area contributed by atoms with Crippen LogP contribution < -0.4 is 5.32 Å². The van der Waals surface area contributed by atoms with Crippen molar-refractivity contribution in [2.24, 2.45) is 0 Å². The normalized spacial score (nSPS) is 13.2. The number of hydrogen-bond acceptors (Lipinski definition) is 4. The van der Waals surface area contributed by atoms with Gasteiger partial charge >= 0.3 is 12.1 Å². The Hall–Kier alpha value is -3.61. The van der Waals surface area contributed by atoms with E-state index in [-0.39, 0.29) is 19.1 Å². The average Bonchev–Trinajstić information content (AvgIpc) is 3.10. The Labute approximate surface area is 187 Å². The van der Waals surface area contributed by atoms with E-state index in [1.807, 2.05) is 36.4 Å². The molecule has 3 rings (SSSR count). The molecule has 2 aromatic carbocycles. The molecular formula is C25H28N2O5. The lowest BCUT2D eigenvalue weighted by Gasteiger charge is -2.31. The summed E-state index contributed by atoms with van der Waals surface area (Å²) < 4.78 is 5.46. The lowest BCUT2D eigenvalue weighted by Crippen LogP contribution is -2.51. The number of ether oxygens (including phenoxy) is 1. The van der Waals surface area contributed by atoms with E-state index in [0.717, 1.165) is 27.2 Å². The van der Waals surface area contributed by atoms with E-state index >= 15 is 0 Å². The SMILES string of the molecule is C/C(=C\CNC(=O)OCC1c2ccccc2-c2ccccc21)C(=O)N(C)C(C)(C)C(=O)O. The summed E-state index contributed by atoms with van der Waals surface area (Å²) in [5.74, 6) is -1.55. The van der Waals surface area contributed by atoms with E-state index in [2.05, 4.69) is 17.4 Å². The molecule has 0 bridgehead atoms. The largest absolute Gasteiger partial charge is 0.480 e. The van der Waals surface area contributed by atoms with Crippen LogP contribution in [0.15, 0.2) is 60.2 Å². The fourth-order valence-corrected chi connectivity index (χ4v) is 3.69. The molecule has 2 aromatic rings. The van der Waals surface area contributed by atoms with Crippen LogP contribution in [0.1, 0.15) is 37.8 Å². The molecule has 1 aliphatic carbocycles. The highest BCUT2D eigenvalue weighted by molar-refractivity contribution is 5.96. The molecule has 0 saturated heterocycles. The molecule has 7 heteroatoms. The number of carboxylic acids is 1. The number of rotatable bonds is 7. The first kappa shape index (κ1) is 23.1. The maximum absolute atomic E-state index is 12.5. The van der Waals surface area contributed by atoms with Gasteiger partial charge in [-0.2, -0.15) is 0 Å². The molecular weight excluding hydrogens is 408 g/mol. The number of aliphatic carboxylic acids is 1. The minimum atomic E-state index is -1.34. The summed E-state index contributed by atoms with van der Waals surface area (Å²) in [7, 11) is 1.44. The Balaban J connectivity index is 1.56. The number of benzene rings is 2. The first-order valence-corrected chi connectivity index (χ1v) is 10.4. The predicted octanol–water partition coefficient (Wildman–Crippen LogP) is 3.79. The minimum Gasteiger partial charge on any atom is -0.480 e. The molecule has 0 fully saturated rings. The van der Waals surface area contributed by atoms with Crippen LogP contribution in [0.2, 0.25) is 0 Å². The standard InChI is InChI=1S/C25H28N2O5/c1-16(22(28)27(4)25(2,3)23(29)30)13-14-26-24(31)32-15-21-19-11-7-5-9-17(19)18-10-6-8-12-20(18)21/h5-13,21H,14-15H2,1-4H3,(H,26,31)(H,29,30)/b16-13+. The second-order valence-electron chi connectivity index (χ2n) is 8.32. The summed E-state index contributed by atoms with van der Waals surface area (Å²) in [6, 6.07) is 16.2. The van der Waals surface area contributed by atoms with Crippen LogP contribution in [-0.4, -0.2) is 53.7 Å². The molecule has 0 radical (unpaired) electrons. The maximum atomic E-state index is 12.5. The summed E-state index contributed by atoms with van der Waals surface area (Å²) in [4.78, 5) is 37.2. The maximum Gasteiger partial charge on any atom is 0.407 e. The molecule has 0 saturated carbocycles. The Morgan fingerprint density at radius 2 is 1.59 bits per heavy atom. The lowest BCUT2D eigenvalue weighted by atomic mass is 9.98. The molecule has 0 unspecified atom stereocenters. The highest BCUT2D eigenvalue weighted by Gasteiger charge is 2.35. The van der Waals surface area contributed by atoms with Crippen LogP contribution in [0, 0.1) is 0 Å². The molecule has 2 N–H and O–H groups in total. The van der Waals surface area contributed by atoms with Crippen molar-refractivity contribution < 1.29 is 24.2 Å². The van der Waals surface area contributed by atoms with Crippen molar-refractivity contribution in [2.75, 3.05) is 20.2 Å². The van der Waals surface area contributed by atoms with Crippen molar-refractivity contribution in [1.82, 2.24) is 10.2 Å². The zero-order valence-electron chi connectivity index (χ0n) is 18.7. The van der Waals surface area contributed by atoms with Crippen molar-refractivity contribution >= 4 is 18.0 Å². The van der Waals surface area contributed by atoms with E-state index < -0.39 is 23.5 Å². The molecule has 0 atom stereocenters. The van der Waals surface area contributed by atoms with Crippen molar-refractivity contribution in [2.45, 2.75) is 32.2 Å². The first-order chi connectivity index (χ1) is 15.1. The highest BCUT2D eigenvalue weighted by Crippen LogP contribution is 2.44. The zero-order valence-corrected chi connectivity index (χ0v) is 18.7. The topological polar surface area (TPSA) is 95.9 Å². The van der Waals surface area contributed by atoms with E-state index in [9.17, 15) is 19.5 Å². The fourth-order valence-electron chi connectivity index (χ4n) is 3.69. The van der Waals surface area contributed by atoms with Gasteiger partial charge in [-0.05, 0) is 43.0 Å². The lowest BCUT2D eigenvalue weighted by molar-refractivity contribution is -0.153. The van der Waals surface area contributed by atoms with Gasteiger partial charge in [0.15, 0.2) is 0 Å². The van der Waals surface area contributed by atoms with Crippen LogP contribution in [0.5, 0.6) is 0 Å². The molecule has 7 nitrogen and oxygen atoms in total. The quantitative estimate of drug-likeness (QED) is 0.644. The van der Waals surface area contributed by atoms with E-state index in [1.165, 1.54) is 27.0 Å². The van der Waals surface area contributed by atoms with Gasteiger partial charge in [0.2, 0.25) is 5.91 Å². The smallest absolute Gasteiger partial charge is 0.407 e. The van der Waals surface area contributed by atoms with Crippen LogP contribution in [0.3, 0.4) is 0 Å². The molecule has 32 heavy (non-hydrogen) atoms. The molecule has 0 heterocycles. The number of amides is 2. The highest BCUT2D eigenvalue weighted by atomic mass is 16.5. The Morgan fingerprint density at radius 1 is 1.06 bits per heavy atom. The third-order valence-electron chi connectivity index (χ3n) is 6.00. The van der Waals surface area contributed by atoms with Gasteiger partial charge in [-0.25, -0.2) is 9.59 Å². The van der Waals surface area contributed by atoms with Crippen LogP contribution in [0.25, 0.3) is 11.1 Å². The first-order valence-electron chi connectivity index (χ1n) is 10.4. The summed E-state index contributed by atoms with van der Waals surface area (Å²) >= 11 is 0. The number of nitrogens with zero attached hydrogens (tertiary/aromatic N) is 1. The molecule has 0 aromatic heterocycles. The van der Waals surface area contributed by atoms with Gasteiger partial charge in [0.25, 0.3) is 0 Å². The Morgan fingerprint density at radius 3 is 2.12 bits per heavy atom. The van der Waals surface area contributed by atoms with E-state index in [1.54, 1.807) is 6.92 Å². The third kappa shape index (κ3) is 4.51. The summed E-state index contributed by atoms with van der Waals surface area (Å²) in [6.45, 7) is 4.79. The number of nitrogens with one attached hydrogen (secondary N) is 1. The van der Waals surface area contributed by atoms with Gasteiger partial charge in [0.1, 0.15) is 12.1 Å². The van der Waals surface area contributed by atoms with Crippen molar-refractivity contribution in [3.63, 3.8) is 0 Å². The number of likely N-dealkylation sites (N-methyl/N-ethyl adjacent to an activating group) is 1. The Bertz CT molecular complexity index is 1030. The third-order valence-corrected chi connectivity index (χ3v) is 6.00. The summed E-state index contributed by atoms with van der Waals surface area (Å²) in [5, 5.41) is 11.9. The van der Waals surface area contributed by atoms with Crippen molar-refractivity contribution in [1.29, 1.82) is 0 Å². The van der Waals surface area contributed by atoms with E-state index in [4.69, 9.17) is 4.74 Å². The summed E-state index contributed by atoms with van der Waals surface area (Å²) in [6.07, 6.45) is 0.959. The average molecular weight is 437 g/mol. The zero-order chi connectivity index (χ0) is 23.5. The predicted molar refractivity (Wildman–Crippen MR) is 121 cm³/mol. The Kier molecular flexibility index (Phi) is 6.67. The van der Waals surface area contributed by atoms with Crippen molar-refractivity contribution in [3.05, 3.63) is 71.3 Å². The van der Waals surface area contributed by atoms with Gasteiger partial charge in [0.05, 0.1) is 0 Å². The van der Waals surface area contributed by atoms with Crippen LogP contribution in [0.4, 0.5) is 4.79 Å². The number of alkyl carbamates (subject to hydrolysis) is 1. The number of carboxylic acid groups (broad SMARTS) is 1. The molecule has 168 valence electrons. The van der Waals surface area contributed by atoms with Gasteiger partial charge in [-0.1, -0.05) is 54.6 Å². The van der Waals surface area contributed by atoms with Crippen LogP contribution in [-0.2, 0) is 14.3 Å². The van der Waals surface area contributed by atoms with E-state index in [0.29, 0.717) is 5.57 Å². The van der Waals surface area contributed by atoms with Crippen molar-refractivity contribution in [3.8, 4) is 11.1 Å². The monoisotopic (exact) mass is 436 g/mol. The van der Waals surface area contributed by atoms with Crippen LogP contribution >= 0.6 is 0 Å². The molecule has 0 aliphatic heterocycles. The minimum absolute atomic E-state index is 0.0288. The number of carbonyl (C=O) groups is 3. The van der Waals surface area contributed by atoms with Gasteiger partial charge < -0.3 is 20.1 Å². The molecule has 0 spiro atoms. The van der Waals surface area contributed by atoms with Gasteiger partial charge in [-0.3, -0.25) is 4.79 Å². The second-order valence-corrected chi connectivity index (χ2v) is 8.32. The molecule has 2 amide bonds. The molecule has 1 aliphatic rings.